The van der Waals surface area contributed by atoms with E-state index in [1.807, 2.05) is 0 Å². The van der Waals surface area contributed by atoms with Crippen LogP contribution in [-0.4, -0.2) is 43.3 Å². The number of anilines is 2. The van der Waals surface area contributed by atoms with Crippen molar-refractivity contribution in [2.24, 2.45) is 11.7 Å². The number of para-hydroxylation sites is 2. The average molecular weight is 343 g/mol. The topological polar surface area (TPSA) is 44.5 Å². The normalized spacial score (nSPS) is 28.9. The van der Waals surface area contributed by atoms with Crippen LogP contribution in [-0.2, 0) is 0 Å². The molecule has 1 saturated heterocycles. The van der Waals surface area contributed by atoms with Crippen LogP contribution in [0, 0.1) is 5.92 Å². The van der Waals surface area contributed by atoms with Crippen molar-refractivity contribution < 1.29 is 0 Å². The van der Waals surface area contributed by atoms with Crippen LogP contribution in [0.3, 0.4) is 0 Å². The summed E-state index contributed by atoms with van der Waals surface area (Å²) in [5.41, 5.74) is 9.24. The van der Waals surface area contributed by atoms with Crippen LogP contribution >= 0.6 is 0 Å². The van der Waals surface area contributed by atoms with Crippen LogP contribution in [0.2, 0.25) is 0 Å². The molecule has 4 rings (SSSR count). The van der Waals surface area contributed by atoms with E-state index in [0.29, 0.717) is 6.04 Å². The number of piperidine rings is 1. The van der Waals surface area contributed by atoms with Crippen LogP contribution in [0.1, 0.15) is 51.4 Å². The smallest absolute Gasteiger partial charge is 0.0881 e. The Morgan fingerprint density at radius 1 is 1.00 bits per heavy atom. The number of likely N-dealkylation sites (tertiary alicyclic amines) is 1. The van der Waals surface area contributed by atoms with Gasteiger partial charge in [0.05, 0.1) is 18.0 Å². The van der Waals surface area contributed by atoms with Gasteiger partial charge in [-0.25, -0.2) is 0 Å². The van der Waals surface area contributed by atoms with Crippen molar-refractivity contribution in [2.75, 3.05) is 36.5 Å². The molecule has 2 atom stereocenters. The van der Waals surface area contributed by atoms with Crippen LogP contribution < -0.4 is 16.0 Å². The molecule has 2 aliphatic heterocycles. The Bertz CT molecular complexity index is 553. The average Bonchev–Trinajstić information content (AvgIpc) is 3.01. The molecule has 1 saturated carbocycles. The number of benzene rings is 1. The second kappa shape index (κ2) is 7.96. The van der Waals surface area contributed by atoms with E-state index in [2.05, 4.69) is 39.4 Å². The van der Waals surface area contributed by atoms with E-state index in [4.69, 9.17) is 5.73 Å². The van der Waals surface area contributed by atoms with E-state index < -0.39 is 0 Å². The summed E-state index contributed by atoms with van der Waals surface area (Å²) in [6.07, 6.45) is 11.3. The largest absolute Gasteiger partial charge is 0.366 e. The van der Waals surface area contributed by atoms with Gasteiger partial charge in [-0.15, -0.1) is 0 Å². The summed E-state index contributed by atoms with van der Waals surface area (Å²) in [4.78, 5) is 5.15. The Morgan fingerprint density at radius 2 is 1.76 bits per heavy atom. The van der Waals surface area contributed by atoms with Gasteiger partial charge in [0.2, 0.25) is 0 Å². The summed E-state index contributed by atoms with van der Waals surface area (Å²) < 4.78 is 0. The fourth-order valence-corrected chi connectivity index (χ4v) is 5.11. The maximum Gasteiger partial charge on any atom is 0.0881 e. The van der Waals surface area contributed by atoms with Gasteiger partial charge in [-0.2, -0.15) is 0 Å². The van der Waals surface area contributed by atoms with Crippen molar-refractivity contribution in [1.29, 1.82) is 0 Å². The fourth-order valence-electron chi connectivity index (χ4n) is 5.11. The monoisotopic (exact) mass is 342 g/mol. The summed E-state index contributed by atoms with van der Waals surface area (Å²) in [6, 6.07) is 9.34. The van der Waals surface area contributed by atoms with Gasteiger partial charge in [0.25, 0.3) is 0 Å². The lowest BCUT2D eigenvalue weighted by atomic mass is 9.89. The summed E-state index contributed by atoms with van der Waals surface area (Å²) in [7, 11) is 0. The van der Waals surface area contributed by atoms with E-state index in [1.165, 1.54) is 75.8 Å². The first-order valence-electron chi connectivity index (χ1n) is 10.4. The van der Waals surface area contributed by atoms with Crippen molar-refractivity contribution in [1.82, 2.24) is 4.90 Å². The zero-order chi connectivity index (χ0) is 17.1. The van der Waals surface area contributed by atoms with Gasteiger partial charge in [0, 0.05) is 31.7 Å². The highest BCUT2D eigenvalue weighted by molar-refractivity contribution is 5.75. The van der Waals surface area contributed by atoms with Gasteiger partial charge in [-0.1, -0.05) is 44.2 Å². The van der Waals surface area contributed by atoms with Crippen molar-refractivity contribution in [2.45, 2.75) is 63.5 Å². The molecule has 2 heterocycles. The maximum atomic E-state index is 6.66. The number of fused-ring (bicyclic) bond motifs is 1. The second-order valence-electron chi connectivity index (χ2n) is 8.31. The predicted molar refractivity (Wildman–Crippen MR) is 106 cm³/mol. The Kier molecular flexibility index (Phi) is 5.47. The van der Waals surface area contributed by atoms with Crippen molar-refractivity contribution in [3.63, 3.8) is 0 Å². The van der Waals surface area contributed by atoms with Gasteiger partial charge in [0.1, 0.15) is 0 Å². The van der Waals surface area contributed by atoms with E-state index in [9.17, 15) is 0 Å². The highest BCUT2D eigenvalue weighted by Crippen LogP contribution is 2.34. The third-order valence-electron chi connectivity index (χ3n) is 6.50. The molecule has 0 radical (unpaired) electrons. The molecule has 0 aromatic heterocycles. The minimum absolute atomic E-state index is 0.246. The Balaban J connectivity index is 1.33. The number of nitrogens with zero attached hydrogens (tertiary/aromatic N) is 2. The van der Waals surface area contributed by atoms with Gasteiger partial charge in [-0.3, -0.25) is 0 Å². The lowest BCUT2D eigenvalue weighted by Crippen LogP contribution is -2.58. The lowest BCUT2D eigenvalue weighted by molar-refractivity contribution is 0.153. The van der Waals surface area contributed by atoms with E-state index >= 15 is 0 Å². The molecular weight excluding hydrogens is 308 g/mol. The first-order chi connectivity index (χ1) is 12.3. The zero-order valence-electron chi connectivity index (χ0n) is 15.5. The first kappa shape index (κ1) is 17.2. The first-order valence-corrected chi connectivity index (χ1v) is 10.4. The standard InChI is InChI=1S/C21H34N4/c22-18-15-24(14-17-8-4-2-1-3-5-9-17)13-12-20(18)25-16-23-19-10-6-7-11-21(19)25/h6-7,10-11,17-18,20,23H,1-5,8-9,12-16,22H2. The van der Waals surface area contributed by atoms with Crippen LogP contribution in [0.15, 0.2) is 24.3 Å². The molecule has 2 fully saturated rings. The SMILES string of the molecule is NC1CN(CC2CCCCCCC2)CCC1N1CNc2ccccc21. The molecule has 4 heteroatoms. The van der Waals surface area contributed by atoms with E-state index in [1.54, 1.807) is 0 Å². The van der Waals surface area contributed by atoms with Crippen LogP contribution in [0.4, 0.5) is 11.4 Å². The lowest BCUT2D eigenvalue weighted by Gasteiger charge is -2.42. The van der Waals surface area contributed by atoms with Gasteiger partial charge < -0.3 is 20.9 Å². The molecule has 138 valence electrons. The molecule has 2 unspecified atom stereocenters. The summed E-state index contributed by atoms with van der Waals surface area (Å²) in [5, 5.41) is 3.51. The highest BCUT2D eigenvalue weighted by atomic mass is 15.3. The van der Waals surface area contributed by atoms with Gasteiger partial charge in [0.15, 0.2) is 0 Å². The molecule has 1 aromatic carbocycles. The number of rotatable bonds is 3. The summed E-state index contributed by atoms with van der Waals surface area (Å²) in [5.74, 6) is 0.901. The number of nitrogens with two attached hydrogens (primary N) is 1. The number of hydrogen-bond donors (Lipinski definition) is 2. The molecule has 0 bridgehead atoms. The quantitative estimate of drug-likeness (QED) is 0.880. The fraction of sp³-hybridized carbons (Fsp3) is 0.714. The van der Waals surface area contributed by atoms with Crippen molar-refractivity contribution in [3.05, 3.63) is 24.3 Å². The third kappa shape index (κ3) is 3.95. The molecule has 0 amide bonds. The van der Waals surface area contributed by atoms with Gasteiger partial charge >= 0.3 is 0 Å². The zero-order valence-corrected chi connectivity index (χ0v) is 15.5. The Hall–Kier alpha value is -1.26. The third-order valence-corrected chi connectivity index (χ3v) is 6.50. The molecule has 1 aliphatic carbocycles. The van der Waals surface area contributed by atoms with E-state index in [-0.39, 0.29) is 6.04 Å². The van der Waals surface area contributed by atoms with Crippen molar-refractivity contribution >= 4 is 11.4 Å². The van der Waals surface area contributed by atoms with Crippen molar-refractivity contribution in [3.8, 4) is 0 Å². The minimum atomic E-state index is 0.246. The van der Waals surface area contributed by atoms with E-state index in [0.717, 1.165) is 19.1 Å². The van der Waals surface area contributed by atoms with Crippen LogP contribution in [0.25, 0.3) is 0 Å². The minimum Gasteiger partial charge on any atom is -0.366 e. The maximum absolute atomic E-state index is 6.66. The molecule has 3 N–H and O–H groups in total. The molecular formula is C21H34N4. The number of nitrogens with one attached hydrogen (secondary N) is 1. The second-order valence-corrected chi connectivity index (χ2v) is 8.31. The molecule has 25 heavy (non-hydrogen) atoms. The summed E-state index contributed by atoms with van der Waals surface area (Å²) in [6.45, 7) is 4.43. The Labute approximate surface area is 152 Å². The summed E-state index contributed by atoms with van der Waals surface area (Å²) >= 11 is 0. The highest BCUT2D eigenvalue weighted by Gasteiger charge is 2.34. The molecule has 4 nitrogen and oxygen atoms in total. The molecule has 1 aromatic rings. The number of hydrogen-bond acceptors (Lipinski definition) is 4. The predicted octanol–water partition coefficient (Wildman–Crippen LogP) is 3.64. The van der Waals surface area contributed by atoms with Gasteiger partial charge in [-0.05, 0) is 37.3 Å². The molecule has 3 aliphatic rings. The van der Waals surface area contributed by atoms with Crippen LogP contribution in [0.5, 0.6) is 0 Å². The molecule has 0 spiro atoms. The Morgan fingerprint density at radius 3 is 2.56 bits per heavy atom.